The van der Waals surface area contributed by atoms with Gasteiger partial charge in [-0.15, -0.1) is 0 Å². The molecule has 2 heterocycles. The van der Waals surface area contributed by atoms with Gasteiger partial charge in [0.15, 0.2) is 0 Å². The Morgan fingerprint density at radius 1 is 1.15 bits per heavy atom. The van der Waals surface area contributed by atoms with E-state index in [1.165, 1.54) is 6.33 Å². The second-order valence-electron chi connectivity index (χ2n) is 2.46. The first-order valence-corrected chi connectivity index (χ1v) is 4.11. The third-order valence-electron chi connectivity index (χ3n) is 1.60. The largest absolute Gasteiger partial charge is 0.264 e. The zero-order chi connectivity index (χ0) is 9.10. The molecule has 0 aliphatic carbocycles. The fourth-order valence-electron chi connectivity index (χ4n) is 1.03. The second-order valence-corrected chi connectivity index (χ2v) is 2.87. The summed E-state index contributed by atoms with van der Waals surface area (Å²) in [4.78, 5) is 11.9. The average Bonchev–Trinajstić information content (AvgIpc) is 2.20. The standard InChI is InChI=1S/C9H6ClN3/c10-8-5-12-6-13-9(8)7-2-1-3-11-4-7/h1-6H. The molecule has 0 aromatic carbocycles. The molecule has 2 aromatic rings. The van der Waals surface area contributed by atoms with E-state index in [2.05, 4.69) is 15.0 Å². The summed E-state index contributed by atoms with van der Waals surface area (Å²) in [6, 6.07) is 3.75. The number of hydrogen-bond acceptors (Lipinski definition) is 3. The maximum Gasteiger partial charge on any atom is 0.116 e. The van der Waals surface area contributed by atoms with Gasteiger partial charge in [0.05, 0.1) is 10.7 Å². The van der Waals surface area contributed by atoms with Gasteiger partial charge in [0.2, 0.25) is 0 Å². The van der Waals surface area contributed by atoms with Crippen LogP contribution in [0.1, 0.15) is 0 Å². The van der Waals surface area contributed by atoms with E-state index < -0.39 is 0 Å². The first-order valence-electron chi connectivity index (χ1n) is 3.74. The smallest absolute Gasteiger partial charge is 0.116 e. The molecule has 4 heteroatoms. The summed E-state index contributed by atoms with van der Waals surface area (Å²) in [5, 5.41) is 0.538. The Bertz CT molecular complexity index is 403. The van der Waals surface area contributed by atoms with Gasteiger partial charge in [0.25, 0.3) is 0 Å². The Hall–Kier alpha value is -1.48. The number of aromatic nitrogens is 3. The Morgan fingerprint density at radius 2 is 2.08 bits per heavy atom. The molecule has 0 N–H and O–H groups in total. The highest BCUT2D eigenvalue weighted by atomic mass is 35.5. The molecule has 2 aromatic heterocycles. The summed E-state index contributed by atoms with van der Waals surface area (Å²) in [5.41, 5.74) is 1.61. The van der Waals surface area contributed by atoms with Crippen molar-refractivity contribution in [3.63, 3.8) is 0 Å². The van der Waals surface area contributed by atoms with E-state index in [1.54, 1.807) is 18.6 Å². The van der Waals surface area contributed by atoms with Crippen molar-refractivity contribution in [3.05, 3.63) is 42.1 Å². The van der Waals surface area contributed by atoms with E-state index in [-0.39, 0.29) is 0 Å². The lowest BCUT2D eigenvalue weighted by Gasteiger charge is -1.99. The van der Waals surface area contributed by atoms with Crippen LogP contribution in [0.15, 0.2) is 37.1 Å². The molecule has 0 bridgehead atoms. The SMILES string of the molecule is Clc1cncnc1-c1cccnc1. The minimum absolute atomic E-state index is 0.538. The Morgan fingerprint density at radius 3 is 2.77 bits per heavy atom. The molecular formula is C9H6ClN3. The van der Waals surface area contributed by atoms with Gasteiger partial charge in [-0.3, -0.25) is 4.98 Å². The molecule has 0 aliphatic rings. The van der Waals surface area contributed by atoms with Crippen molar-refractivity contribution >= 4 is 11.6 Å². The second kappa shape index (κ2) is 3.49. The summed E-state index contributed by atoms with van der Waals surface area (Å²) < 4.78 is 0. The van der Waals surface area contributed by atoms with Crippen molar-refractivity contribution in [3.8, 4) is 11.3 Å². The minimum Gasteiger partial charge on any atom is -0.264 e. The molecule has 13 heavy (non-hydrogen) atoms. The molecule has 3 nitrogen and oxygen atoms in total. The molecule has 0 spiro atoms. The van der Waals surface area contributed by atoms with Gasteiger partial charge < -0.3 is 0 Å². The summed E-state index contributed by atoms with van der Waals surface area (Å²) in [6.07, 6.45) is 6.46. The van der Waals surface area contributed by atoms with Crippen LogP contribution in [0.2, 0.25) is 5.02 Å². The van der Waals surface area contributed by atoms with Crippen LogP contribution in [0, 0.1) is 0 Å². The van der Waals surface area contributed by atoms with Crippen LogP contribution in [-0.2, 0) is 0 Å². The summed E-state index contributed by atoms with van der Waals surface area (Å²) in [6.45, 7) is 0. The molecular weight excluding hydrogens is 186 g/mol. The number of nitrogens with zero attached hydrogens (tertiary/aromatic N) is 3. The molecule has 0 aliphatic heterocycles. The molecule has 2 rings (SSSR count). The Balaban J connectivity index is 2.54. The van der Waals surface area contributed by atoms with Gasteiger partial charge in [0.1, 0.15) is 6.33 Å². The zero-order valence-electron chi connectivity index (χ0n) is 6.68. The third-order valence-corrected chi connectivity index (χ3v) is 1.88. The lowest BCUT2D eigenvalue weighted by Crippen LogP contribution is -1.86. The van der Waals surface area contributed by atoms with Crippen LogP contribution in [0.3, 0.4) is 0 Å². The van der Waals surface area contributed by atoms with E-state index in [9.17, 15) is 0 Å². The lowest BCUT2D eigenvalue weighted by molar-refractivity contribution is 1.17. The van der Waals surface area contributed by atoms with Gasteiger partial charge in [-0.2, -0.15) is 0 Å². The fraction of sp³-hybridized carbons (Fsp3) is 0. The molecule has 0 atom stereocenters. The lowest BCUT2D eigenvalue weighted by atomic mass is 10.2. The third kappa shape index (κ3) is 1.65. The molecule has 0 saturated carbocycles. The highest BCUT2D eigenvalue weighted by molar-refractivity contribution is 6.32. The maximum absolute atomic E-state index is 5.91. The van der Waals surface area contributed by atoms with Gasteiger partial charge in [0, 0.05) is 24.2 Å². The summed E-state index contributed by atoms with van der Waals surface area (Å²) in [7, 11) is 0. The number of halogens is 1. The average molecular weight is 192 g/mol. The van der Waals surface area contributed by atoms with Gasteiger partial charge >= 0.3 is 0 Å². The van der Waals surface area contributed by atoms with E-state index in [1.807, 2.05) is 12.1 Å². The number of pyridine rings is 1. The first-order chi connectivity index (χ1) is 6.38. The summed E-state index contributed by atoms with van der Waals surface area (Å²) >= 11 is 5.91. The monoisotopic (exact) mass is 191 g/mol. The van der Waals surface area contributed by atoms with Crippen LogP contribution >= 0.6 is 11.6 Å². The van der Waals surface area contributed by atoms with E-state index >= 15 is 0 Å². The van der Waals surface area contributed by atoms with Crippen molar-refractivity contribution in [1.29, 1.82) is 0 Å². The molecule has 64 valence electrons. The Labute approximate surface area is 80.5 Å². The highest BCUT2D eigenvalue weighted by Crippen LogP contribution is 2.22. The van der Waals surface area contributed by atoms with Crippen LogP contribution in [-0.4, -0.2) is 15.0 Å². The van der Waals surface area contributed by atoms with Crippen LogP contribution in [0.4, 0.5) is 0 Å². The van der Waals surface area contributed by atoms with Crippen molar-refractivity contribution in [2.24, 2.45) is 0 Å². The first kappa shape index (κ1) is 8.13. The van der Waals surface area contributed by atoms with E-state index in [4.69, 9.17) is 11.6 Å². The number of hydrogen-bond donors (Lipinski definition) is 0. The van der Waals surface area contributed by atoms with Crippen LogP contribution in [0.25, 0.3) is 11.3 Å². The van der Waals surface area contributed by atoms with Gasteiger partial charge in [-0.25, -0.2) is 9.97 Å². The van der Waals surface area contributed by atoms with Crippen LogP contribution < -0.4 is 0 Å². The zero-order valence-corrected chi connectivity index (χ0v) is 7.44. The molecule has 0 radical (unpaired) electrons. The van der Waals surface area contributed by atoms with E-state index in [0.29, 0.717) is 10.7 Å². The van der Waals surface area contributed by atoms with Crippen molar-refractivity contribution in [1.82, 2.24) is 15.0 Å². The number of rotatable bonds is 1. The maximum atomic E-state index is 5.91. The highest BCUT2D eigenvalue weighted by Gasteiger charge is 2.03. The Kier molecular flexibility index (Phi) is 2.19. The topological polar surface area (TPSA) is 38.7 Å². The minimum atomic E-state index is 0.538. The van der Waals surface area contributed by atoms with Gasteiger partial charge in [-0.1, -0.05) is 11.6 Å². The van der Waals surface area contributed by atoms with Crippen LogP contribution in [0.5, 0.6) is 0 Å². The molecule has 0 amide bonds. The predicted molar refractivity (Wildman–Crippen MR) is 50.3 cm³/mol. The quantitative estimate of drug-likeness (QED) is 0.694. The van der Waals surface area contributed by atoms with Crippen molar-refractivity contribution in [2.45, 2.75) is 0 Å². The molecule has 0 saturated heterocycles. The van der Waals surface area contributed by atoms with Crippen molar-refractivity contribution in [2.75, 3.05) is 0 Å². The van der Waals surface area contributed by atoms with Gasteiger partial charge in [-0.05, 0) is 12.1 Å². The van der Waals surface area contributed by atoms with Crippen molar-refractivity contribution < 1.29 is 0 Å². The molecule has 0 fully saturated rings. The van der Waals surface area contributed by atoms with E-state index in [0.717, 1.165) is 5.56 Å². The summed E-state index contributed by atoms with van der Waals surface area (Å²) in [5.74, 6) is 0. The molecule has 0 unspecified atom stereocenters. The predicted octanol–water partition coefficient (Wildman–Crippen LogP) is 2.19. The normalized spacial score (nSPS) is 9.92. The fourth-order valence-corrected chi connectivity index (χ4v) is 1.24.